The number of hydrogen-bond acceptors (Lipinski definition) is 6. The first-order valence-electron chi connectivity index (χ1n) is 10.8. The van der Waals surface area contributed by atoms with E-state index in [1.165, 1.54) is 0 Å². The summed E-state index contributed by atoms with van der Waals surface area (Å²) in [5.41, 5.74) is 5.81. The number of ether oxygens (including phenoxy) is 1. The van der Waals surface area contributed by atoms with Gasteiger partial charge in [0, 0.05) is 22.6 Å². The molecule has 3 heterocycles. The summed E-state index contributed by atoms with van der Waals surface area (Å²) in [4.78, 5) is 23.7. The number of carbonyl (C=O) groups is 1. The van der Waals surface area contributed by atoms with Gasteiger partial charge in [-0.1, -0.05) is 35.9 Å². The fourth-order valence-electron chi connectivity index (χ4n) is 3.68. The zero-order chi connectivity index (χ0) is 23.2. The van der Waals surface area contributed by atoms with Gasteiger partial charge in [-0.25, -0.2) is 14.8 Å². The van der Waals surface area contributed by atoms with Gasteiger partial charge in [0.15, 0.2) is 5.65 Å². The van der Waals surface area contributed by atoms with E-state index in [1.807, 2.05) is 62.1 Å². The Balaban J connectivity index is 1.53. The lowest BCUT2D eigenvalue weighted by molar-refractivity contribution is 0.0575. The summed E-state index contributed by atoms with van der Waals surface area (Å²) in [7, 11) is 0. The molecule has 0 unspecified atom stereocenters. The maximum absolute atomic E-state index is 13.3. The van der Waals surface area contributed by atoms with E-state index in [4.69, 9.17) is 16.3 Å². The summed E-state index contributed by atoms with van der Waals surface area (Å²) in [5, 5.41) is 6.87. The van der Waals surface area contributed by atoms with Crippen molar-refractivity contribution < 1.29 is 9.53 Å². The van der Waals surface area contributed by atoms with Crippen molar-refractivity contribution in [2.24, 2.45) is 0 Å². The zero-order valence-corrected chi connectivity index (χ0v) is 20.2. The van der Waals surface area contributed by atoms with Crippen LogP contribution < -0.4 is 4.90 Å². The minimum atomic E-state index is -0.650. The lowest BCUT2D eigenvalue weighted by Crippen LogP contribution is -2.37. The highest BCUT2D eigenvalue weighted by atomic mass is 35.5. The summed E-state index contributed by atoms with van der Waals surface area (Å²) >= 11 is 7.96. The number of rotatable bonds is 5. The third-order valence-corrected chi connectivity index (χ3v) is 6.16. The fraction of sp³-hybridized carbons (Fsp3) is 0.333. The molecule has 0 spiro atoms. The number of hydrogen-bond donors (Lipinski definition) is 0. The molecular formula is C24H24ClN5O2S. The van der Waals surface area contributed by atoms with Crippen molar-refractivity contribution >= 4 is 40.5 Å². The molecule has 4 aromatic rings. The van der Waals surface area contributed by atoms with Crippen molar-refractivity contribution in [2.75, 3.05) is 4.90 Å². The summed E-state index contributed by atoms with van der Waals surface area (Å²) in [6.07, 6.45) is 3.59. The standard InChI is InChI=1S/C24H24ClN5O2S/c1-24(2,3)32-23(31)29(12-15-4-6-17(7-5-15)19-13-33-14-26-19)21-10-20(25)28-22-18(16-8-9-16)11-27-30(21)22/h4-7,10-11,13-14,16H,8-9,12H2,1-3H3. The monoisotopic (exact) mass is 481 g/mol. The largest absolute Gasteiger partial charge is 0.443 e. The number of carbonyl (C=O) groups excluding carboxylic acids is 1. The van der Waals surface area contributed by atoms with Crippen LogP contribution >= 0.6 is 22.9 Å². The molecule has 0 atom stereocenters. The molecule has 3 aromatic heterocycles. The first kappa shape index (κ1) is 21.9. The van der Waals surface area contributed by atoms with Crippen LogP contribution in [0.2, 0.25) is 5.15 Å². The Bertz CT molecular complexity index is 1290. The molecule has 1 aliphatic carbocycles. The van der Waals surface area contributed by atoms with Crippen LogP contribution in [0.4, 0.5) is 10.6 Å². The lowest BCUT2D eigenvalue weighted by Gasteiger charge is -2.27. The zero-order valence-electron chi connectivity index (χ0n) is 18.7. The third-order valence-electron chi connectivity index (χ3n) is 5.38. The number of halogens is 1. The Morgan fingerprint density at radius 3 is 2.67 bits per heavy atom. The Kier molecular flexibility index (Phi) is 5.58. The van der Waals surface area contributed by atoms with Gasteiger partial charge in [-0.3, -0.25) is 4.90 Å². The Labute approximate surface area is 201 Å². The van der Waals surface area contributed by atoms with Gasteiger partial charge in [0.25, 0.3) is 0 Å². The molecular weight excluding hydrogens is 458 g/mol. The van der Waals surface area contributed by atoms with E-state index in [-0.39, 0.29) is 0 Å². The second-order valence-corrected chi connectivity index (χ2v) is 10.3. The van der Waals surface area contributed by atoms with Gasteiger partial charge in [-0.2, -0.15) is 9.61 Å². The number of nitrogens with zero attached hydrogens (tertiary/aromatic N) is 5. The summed E-state index contributed by atoms with van der Waals surface area (Å²) in [6.45, 7) is 5.83. The molecule has 0 N–H and O–H groups in total. The summed E-state index contributed by atoms with van der Waals surface area (Å²) in [5.74, 6) is 0.976. The van der Waals surface area contributed by atoms with Gasteiger partial charge in [-0.05, 0) is 45.1 Å². The van der Waals surface area contributed by atoms with Gasteiger partial charge in [-0.15, -0.1) is 11.3 Å². The van der Waals surface area contributed by atoms with Crippen LogP contribution in [0.25, 0.3) is 16.9 Å². The van der Waals surface area contributed by atoms with Crippen LogP contribution in [0, 0.1) is 0 Å². The quantitative estimate of drug-likeness (QED) is 0.311. The summed E-state index contributed by atoms with van der Waals surface area (Å²) in [6, 6.07) is 9.65. The minimum absolute atomic E-state index is 0.292. The van der Waals surface area contributed by atoms with Crippen LogP contribution in [0.5, 0.6) is 0 Å². The predicted octanol–water partition coefficient (Wildman–Crippen LogP) is 6.33. The molecule has 7 nitrogen and oxygen atoms in total. The van der Waals surface area contributed by atoms with Crippen molar-refractivity contribution in [3.8, 4) is 11.3 Å². The van der Waals surface area contributed by atoms with E-state index in [9.17, 15) is 4.79 Å². The second-order valence-electron chi connectivity index (χ2n) is 9.18. The number of benzene rings is 1. The average molecular weight is 482 g/mol. The highest BCUT2D eigenvalue weighted by molar-refractivity contribution is 7.07. The molecule has 33 heavy (non-hydrogen) atoms. The van der Waals surface area contributed by atoms with E-state index in [0.717, 1.165) is 35.2 Å². The fourth-order valence-corrected chi connectivity index (χ4v) is 4.42. The Morgan fingerprint density at radius 1 is 1.27 bits per heavy atom. The van der Waals surface area contributed by atoms with Gasteiger partial charge in [0.1, 0.15) is 16.6 Å². The molecule has 170 valence electrons. The Morgan fingerprint density at radius 2 is 2.03 bits per heavy atom. The predicted molar refractivity (Wildman–Crippen MR) is 130 cm³/mol. The normalized spacial score (nSPS) is 13.9. The SMILES string of the molecule is CC(C)(C)OC(=O)N(Cc1ccc(-c2cscn2)cc1)c1cc(Cl)nc2c(C3CC3)cnn12. The van der Waals surface area contributed by atoms with Crippen LogP contribution in [0.1, 0.15) is 50.7 Å². The first-order chi connectivity index (χ1) is 15.8. The number of anilines is 1. The molecule has 9 heteroatoms. The maximum Gasteiger partial charge on any atom is 0.416 e. The van der Waals surface area contributed by atoms with Crippen molar-refractivity contribution in [2.45, 2.75) is 51.7 Å². The maximum atomic E-state index is 13.3. The van der Waals surface area contributed by atoms with E-state index >= 15 is 0 Å². The van der Waals surface area contributed by atoms with Crippen molar-refractivity contribution in [3.63, 3.8) is 0 Å². The number of fused-ring (bicyclic) bond motifs is 1. The van der Waals surface area contributed by atoms with Crippen LogP contribution in [-0.4, -0.2) is 31.3 Å². The van der Waals surface area contributed by atoms with E-state index in [1.54, 1.807) is 26.8 Å². The molecule has 0 aliphatic heterocycles. The highest BCUT2D eigenvalue weighted by Gasteiger charge is 2.31. The first-order valence-corrected chi connectivity index (χ1v) is 12.1. The molecule has 1 saturated carbocycles. The van der Waals surface area contributed by atoms with Gasteiger partial charge >= 0.3 is 6.09 Å². The van der Waals surface area contributed by atoms with Crippen LogP contribution in [0.15, 0.2) is 47.4 Å². The van der Waals surface area contributed by atoms with Crippen molar-refractivity contribution in [1.29, 1.82) is 0 Å². The Hall–Kier alpha value is -2.97. The highest BCUT2D eigenvalue weighted by Crippen LogP contribution is 2.42. The third kappa shape index (κ3) is 4.72. The van der Waals surface area contributed by atoms with E-state index in [2.05, 4.69) is 15.1 Å². The summed E-state index contributed by atoms with van der Waals surface area (Å²) < 4.78 is 7.43. The lowest BCUT2D eigenvalue weighted by atomic mass is 10.1. The number of thiazole rings is 1. The number of amides is 1. The average Bonchev–Trinajstić information content (AvgIpc) is 3.28. The van der Waals surface area contributed by atoms with Crippen molar-refractivity contribution in [3.05, 3.63) is 63.7 Å². The van der Waals surface area contributed by atoms with Gasteiger partial charge in [0.2, 0.25) is 0 Å². The van der Waals surface area contributed by atoms with Crippen molar-refractivity contribution in [1.82, 2.24) is 19.6 Å². The van der Waals surface area contributed by atoms with Crippen LogP contribution in [0.3, 0.4) is 0 Å². The molecule has 1 amide bonds. The molecule has 0 radical (unpaired) electrons. The molecule has 1 aromatic carbocycles. The van der Waals surface area contributed by atoms with E-state index < -0.39 is 11.7 Å². The molecule has 1 fully saturated rings. The number of aromatic nitrogens is 4. The van der Waals surface area contributed by atoms with Crippen LogP contribution in [-0.2, 0) is 11.3 Å². The van der Waals surface area contributed by atoms with E-state index in [0.29, 0.717) is 29.1 Å². The van der Waals surface area contributed by atoms with Gasteiger partial charge < -0.3 is 4.74 Å². The topological polar surface area (TPSA) is 72.6 Å². The smallest absolute Gasteiger partial charge is 0.416 e. The molecule has 5 rings (SSSR count). The molecule has 0 saturated heterocycles. The molecule has 1 aliphatic rings. The molecule has 0 bridgehead atoms. The van der Waals surface area contributed by atoms with Gasteiger partial charge in [0.05, 0.1) is 23.9 Å². The minimum Gasteiger partial charge on any atom is -0.443 e. The second kappa shape index (κ2) is 8.43.